The Morgan fingerprint density at radius 2 is 1.79 bits per heavy atom. The summed E-state index contributed by atoms with van der Waals surface area (Å²) in [6.07, 6.45) is 2.32. The fourth-order valence-corrected chi connectivity index (χ4v) is 6.05. The van der Waals surface area contributed by atoms with Gasteiger partial charge in [-0.15, -0.1) is 0 Å². The first-order valence-electron chi connectivity index (χ1n) is 12.3. The molecule has 182 valence electrons. The van der Waals surface area contributed by atoms with Crippen molar-refractivity contribution in [1.82, 2.24) is 9.80 Å². The second-order valence-corrected chi connectivity index (χ2v) is 10.8. The predicted octanol–water partition coefficient (Wildman–Crippen LogP) is 4.71. The highest BCUT2D eigenvalue weighted by atomic mass is 35.5. The van der Waals surface area contributed by atoms with E-state index in [1.54, 1.807) is 6.07 Å². The molecular weight excluding hydrogens is 453 g/mol. The lowest BCUT2D eigenvalue weighted by molar-refractivity contribution is 0.0115. The summed E-state index contributed by atoms with van der Waals surface area (Å²) in [6, 6.07) is 11.4. The van der Waals surface area contributed by atoms with E-state index in [4.69, 9.17) is 16.3 Å². The van der Waals surface area contributed by atoms with E-state index in [0.717, 1.165) is 52.2 Å². The third-order valence-electron chi connectivity index (χ3n) is 7.55. The Balaban J connectivity index is 1.32. The smallest absolute Gasteiger partial charge is 0.254 e. The van der Waals surface area contributed by atoms with Gasteiger partial charge in [-0.1, -0.05) is 31.5 Å². The lowest BCUT2D eigenvalue weighted by Gasteiger charge is -2.42. The molecule has 0 aromatic heterocycles. The topological polar surface area (TPSA) is 36.0 Å². The van der Waals surface area contributed by atoms with Crippen LogP contribution in [0, 0.1) is 5.82 Å². The number of benzene rings is 2. The number of hydrogen-bond donors (Lipinski definition) is 0. The van der Waals surface area contributed by atoms with Crippen LogP contribution in [0.4, 0.5) is 10.1 Å². The van der Waals surface area contributed by atoms with Crippen molar-refractivity contribution in [2.75, 3.05) is 50.8 Å². The van der Waals surface area contributed by atoms with Gasteiger partial charge in [0.05, 0.1) is 13.2 Å². The average Bonchev–Trinajstić information content (AvgIpc) is 2.83. The summed E-state index contributed by atoms with van der Waals surface area (Å²) >= 11 is 6.01. The first kappa shape index (κ1) is 23.6. The molecule has 0 unspecified atom stereocenters. The molecule has 3 aliphatic rings. The zero-order valence-corrected chi connectivity index (χ0v) is 20.8. The van der Waals surface area contributed by atoms with Gasteiger partial charge in [-0.05, 0) is 54.3 Å². The molecule has 7 heteroatoms. The molecule has 2 fully saturated rings. The Bertz CT molecular complexity index is 1040. The van der Waals surface area contributed by atoms with Crippen molar-refractivity contribution in [3.8, 4) is 0 Å². The van der Waals surface area contributed by atoms with E-state index >= 15 is 0 Å². The van der Waals surface area contributed by atoms with Gasteiger partial charge in [0.1, 0.15) is 5.82 Å². The van der Waals surface area contributed by atoms with E-state index in [1.807, 2.05) is 4.90 Å². The molecule has 2 saturated heterocycles. The van der Waals surface area contributed by atoms with Crippen molar-refractivity contribution >= 4 is 23.2 Å². The van der Waals surface area contributed by atoms with E-state index in [2.05, 4.69) is 41.8 Å². The predicted molar refractivity (Wildman–Crippen MR) is 133 cm³/mol. The molecule has 0 aliphatic carbocycles. The highest BCUT2D eigenvalue weighted by Gasteiger charge is 2.35. The Kier molecular flexibility index (Phi) is 6.58. The number of anilines is 1. The number of amides is 1. The maximum atomic E-state index is 13.9. The summed E-state index contributed by atoms with van der Waals surface area (Å²) in [5.41, 5.74) is 3.77. The second-order valence-electron chi connectivity index (χ2n) is 10.4. The summed E-state index contributed by atoms with van der Waals surface area (Å²) in [7, 11) is 0. The summed E-state index contributed by atoms with van der Waals surface area (Å²) in [5.74, 6) is -0.674. The van der Waals surface area contributed by atoms with Crippen molar-refractivity contribution < 1.29 is 13.9 Å². The normalized spacial score (nSPS) is 21.4. The molecule has 3 heterocycles. The zero-order valence-electron chi connectivity index (χ0n) is 20.0. The number of fused-ring (bicyclic) bond motifs is 1. The average molecular weight is 486 g/mol. The molecule has 1 amide bonds. The third-order valence-corrected chi connectivity index (χ3v) is 7.77. The molecule has 34 heavy (non-hydrogen) atoms. The number of morpholine rings is 1. The number of carbonyl (C=O) groups is 1. The fraction of sp³-hybridized carbons (Fsp3) is 0.519. The van der Waals surface area contributed by atoms with E-state index < -0.39 is 5.82 Å². The summed E-state index contributed by atoms with van der Waals surface area (Å²) < 4.78 is 19.4. The number of nitrogens with zero attached hydrogens (tertiary/aromatic N) is 3. The molecule has 5 rings (SSSR count). The molecule has 2 aromatic rings. The molecular formula is C27H33ClFN3O2. The van der Waals surface area contributed by atoms with Crippen molar-refractivity contribution in [3.05, 3.63) is 63.9 Å². The van der Waals surface area contributed by atoms with Crippen molar-refractivity contribution in [3.63, 3.8) is 0 Å². The Morgan fingerprint density at radius 3 is 2.50 bits per heavy atom. The lowest BCUT2D eigenvalue weighted by atomic mass is 9.78. The lowest BCUT2D eigenvalue weighted by Crippen LogP contribution is -2.49. The van der Waals surface area contributed by atoms with E-state index in [0.29, 0.717) is 24.7 Å². The van der Waals surface area contributed by atoms with Crippen LogP contribution >= 0.6 is 11.6 Å². The van der Waals surface area contributed by atoms with Crippen LogP contribution in [0.3, 0.4) is 0 Å². The van der Waals surface area contributed by atoms with Crippen LogP contribution in [0.2, 0.25) is 5.02 Å². The van der Waals surface area contributed by atoms with Crippen molar-refractivity contribution in [2.45, 2.75) is 44.7 Å². The SMILES string of the molecule is CC1(C)CN(C(=O)c2cc(F)cc(Cl)c2)Cc2cc(N3CCC(N4CCOCC4)CC3)ccc21. The molecule has 0 atom stereocenters. The Morgan fingerprint density at radius 1 is 1.06 bits per heavy atom. The monoisotopic (exact) mass is 485 g/mol. The standard InChI is InChI=1S/C27H33ClFN3O2/c1-27(2)18-32(26(33)19-13-21(28)16-22(29)14-19)17-20-15-24(3-4-25(20)27)30-7-5-23(6-8-30)31-9-11-34-12-10-31/h3-4,13-16,23H,5-12,17-18H2,1-2H3. The largest absolute Gasteiger partial charge is 0.379 e. The van der Waals surface area contributed by atoms with Crippen LogP contribution in [0.5, 0.6) is 0 Å². The minimum Gasteiger partial charge on any atom is -0.379 e. The molecule has 5 nitrogen and oxygen atoms in total. The minimum atomic E-state index is -0.490. The highest BCUT2D eigenvalue weighted by molar-refractivity contribution is 6.31. The molecule has 0 N–H and O–H groups in total. The number of rotatable bonds is 3. The number of ether oxygens (including phenoxy) is 1. The minimum absolute atomic E-state index is 0.183. The number of halogens is 2. The second kappa shape index (κ2) is 9.48. The molecule has 0 bridgehead atoms. The quantitative estimate of drug-likeness (QED) is 0.630. The van der Waals surface area contributed by atoms with Crippen molar-refractivity contribution in [1.29, 1.82) is 0 Å². The van der Waals surface area contributed by atoms with Crippen molar-refractivity contribution in [2.24, 2.45) is 0 Å². The molecule has 0 spiro atoms. The number of carbonyl (C=O) groups excluding carboxylic acids is 1. The molecule has 0 saturated carbocycles. The van der Waals surface area contributed by atoms with Crippen LogP contribution in [0.25, 0.3) is 0 Å². The van der Waals surface area contributed by atoms with Crippen LogP contribution in [0.15, 0.2) is 36.4 Å². The van der Waals surface area contributed by atoms with Crippen LogP contribution in [-0.4, -0.2) is 67.7 Å². The van der Waals surface area contributed by atoms with Gasteiger partial charge >= 0.3 is 0 Å². The van der Waals surface area contributed by atoms with Crippen LogP contribution in [0.1, 0.15) is 48.2 Å². The van der Waals surface area contributed by atoms with Gasteiger partial charge < -0.3 is 14.5 Å². The zero-order chi connectivity index (χ0) is 23.9. The van der Waals surface area contributed by atoms with Gasteiger partial charge in [-0.2, -0.15) is 0 Å². The Hall–Kier alpha value is -2.15. The number of piperidine rings is 1. The first-order chi connectivity index (χ1) is 16.3. The molecule has 2 aromatic carbocycles. The maximum absolute atomic E-state index is 13.9. The Labute approximate surface area is 206 Å². The highest BCUT2D eigenvalue weighted by Crippen LogP contribution is 2.37. The summed E-state index contributed by atoms with van der Waals surface area (Å²) in [5, 5.41) is 0.239. The van der Waals surface area contributed by atoms with Gasteiger partial charge in [0.25, 0.3) is 5.91 Å². The van der Waals surface area contributed by atoms with E-state index in [-0.39, 0.29) is 16.3 Å². The third kappa shape index (κ3) is 4.81. The fourth-order valence-electron chi connectivity index (χ4n) is 5.83. The first-order valence-corrected chi connectivity index (χ1v) is 12.6. The van der Waals surface area contributed by atoms with Crippen LogP contribution < -0.4 is 4.90 Å². The van der Waals surface area contributed by atoms with Gasteiger partial charge in [0.2, 0.25) is 0 Å². The molecule has 3 aliphatic heterocycles. The van der Waals surface area contributed by atoms with E-state index in [9.17, 15) is 9.18 Å². The van der Waals surface area contributed by atoms with E-state index in [1.165, 1.54) is 28.9 Å². The van der Waals surface area contributed by atoms with Gasteiger partial charge in [-0.25, -0.2) is 4.39 Å². The summed E-state index contributed by atoms with van der Waals surface area (Å²) in [4.78, 5) is 20.1. The van der Waals surface area contributed by atoms with Gasteiger partial charge in [0, 0.05) is 67.0 Å². The maximum Gasteiger partial charge on any atom is 0.254 e. The van der Waals surface area contributed by atoms with Gasteiger partial charge in [0.15, 0.2) is 0 Å². The van der Waals surface area contributed by atoms with Crippen LogP contribution in [-0.2, 0) is 16.7 Å². The summed E-state index contributed by atoms with van der Waals surface area (Å²) in [6.45, 7) is 11.3. The molecule has 0 radical (unpaired) electrons. The number of hydrogen-bond acceptors (Lipinski definition) is 4. The van der Waals surface area contributed by atoms with Gasteiger partial charge in [-0.3, -0.25) is 9.69 Å².